The summed E-state index contributed by atoms with van der Waals surface area (Å²) in [4.78, 5) is 104. The first kappa shape index (κ1) is 113. The Morgan fingerprint density at radius 1 is 0.387 bits per heavy atom. The molecule has 0 fully saturated rings. The molecular weight excluding hydrogens is 2320 g/mol. The van der Waals surface area contributed by atoms with Crippen LogP contribution in [0.2, 0.25) is 10.0 Å². The van der Waals surface area contributed by atoms with E-state index < -0.39 is 104 Å². The number of esters is 1. The second kappa shape index (κ2) is 44.4. The predicted octanol–water partition coefficient (Wildman–Crippen LogP) is 15.3. The number of carbonyl (C=O) groups excluding carboxylic acids is 2. The van der Waals surface area contributed by atoms with Gasteiger partial charge >= 0.3 is 5.97 Å². The second-order valence-corrected chi connectivity index (χ2v) is 48.9. The van der Waals surface area contributed by atoms with E-state index in [0.717, 1.165) is 20.0 Å². The summed E-state index contributed by atoms with van der Waals surface area (Å²) >= 11 is 18.3. The summed E-state index contributed by atoms with van der Waals surface area (Å²) < 4.78 is 207. The highest BCUT2D eigenvalue weighted by Gasteiger charge is 2.25. The van der Waals surface area contributed by atoms with E-state index >= 15 is 0 Å². The maximum absolute atomic E-state index is 12.3. The van der Waals surface area contributed by atoms with Crippen molar-refractivity contribution >= 4 is 329 Å². The Balaban J connectivity index is 0.000000141. The molecule has 786 valence electrons. The van der Waals surface area contributed by atoms with Crippen molar-refractivity contribution in [2.45, 2.75) is 60.3 Å². The smallest absolute Gasteiger partial charge is 0.338 e. The van der Waals surface area contributed by atoms with Crippen LogP contribution >= 0.6 is 55.1 Å². The van der Waals surface area contributed by atoms with Crippen LogP contribution in [0.25, 0.3) is 110 Å². The Labute approximate surface area is 876 Å². The molecule has 61 heteroatoms. The Kier molecular flexibility index (Phi) is 33.4. The molecule has 1 aliphatic rings. The molecule has 0 bridgehead atoms. The summed E-state index contributed by atoms with van der Waals surface area (Å²) in [6, 6.07) is 50.9. The SMILES string of the molecule is C=S(=O)(O)c1nc2c(Br)cc(Br)cc2[nH]1.C=S(=O)(O)c1nc2c(Cl)cc(Cl)cc2[nH]1.C=S(=O)(O)c1nc2c(ccc3c([N+](=O)[O-])cccc32)[nH]1.C=S(=O)(O)c1nc2cc3c(cc2[nH]1)OCO3.C=S(=O)(O)c1nc2ccc(C(=O)OCC)cc2[nH]1.C=S(=O)(O)c1nc2ccc(C(=O)c3ccccc3)cc2[nH]1.C=S(=O)(O)c1nc2ccc(C)cc2[nH]1.C=S(=O)(O)c1nc2ccc(OC)cc2[nH]1.C=S(=O)(O)c1nc2ccc([N+](=O)[O-])cc2[nH]1. The summed E-state index contributed by atoms with van der Waals surface area (Å²) in [7, 11) is -28.7. The standard InChI is InChI=1S/C15H12N2O3S.C12H9N3O4S.C11H12N2O4S.C9H8N2O4S.C9H10N2O3S.C9H10N2O2S.C8H6Br2N2O2S.C8H6Cl2N2O2S.C8H7N3O4S/c1-21(19,20)15-16-12-8-7-11(9-13(12)17-15)14(18)10-5-3-2-4-6-10;1-20(18,19)12-13-9-6-5-7-8(11(9)14-12)3-2-4-10(7)15(16)17;1-3-17-10(14)7-4-5-8-9(6-7)13-11(12-8)18(2,15)16;1-16(12,13)9-10-5-2-7-8(15-4-14-7)3-6(5)11-9;1-14-6-3-4-7-8(5-6)11-9(10-7)15(2,12)13;1-6-3-4-7-8(5-6)11-9(10-7)14(2,12)13;2*1-15(13,14)8-11-6-3-4(9)2-5(10)7(6)12-8;1-16(14,15)8-9-6-3-2-5(11(12)13)4-7(6)10-8/h2-9H,1H2,(H,16,17)(H,19,20);2-6H,1H2,(H,13,14)(H,18,19);4-6H,2-3H2,1H3,(H,12,13)(H,15,16);2-3H,1,4H2,(H,10,11)(H,12,13);3-5H,2H2,1H3,(H,10,11)(H,12,13);3-5H,2H2,1H3,(H,10,11)(H,12,13);2*2-3H,1H2,(H,11,12)(H,13,14);2-4H,1H2,(H,9,10)(H,14,15). The van der Waals surface area contributed by atoms with E-state index in [0.29, 0.717) is 149 Å². The van der Waals surface area contributed by atoms with E-state index in [1.165, 1.54) is 36.4 Å². The monoisotopic (exact) mass is 2390 g/mol. The third-order valence-corrected chi connectivity index (χ3v) is 28.7. The third-order valence-electron chi connectivity index (χ3n) is 20.0. The van der Waals surface area contributed by atoms with Gasteiger partial charge in [-0.3, -0.25) is 25.0 Å². The van der Waals surface area contributed by atoms with E-state index in [1.54, 1.807) is 141 Å². The van der Waals surface area contributed by atoms with Crippen molar-refractivity contribution in [3.63, 3.8) is 0 Å². The van der Waals surface area contributed by atoms with Gasteiger partial charge in [0, 0.05) is 66.9 Å². The number of ether oxygens (including phenoxy) is 4. The van der Waals surface area contributed by atoms with E-state index in [2.05, 4.69) is 174 Å². The number of nitro groups is 2. The number of fused-ring (bicyclic) bond motifs is 12. The maximum atomic E-state index is 12.3. The van der Waals surface area contributed by atoms with Gasteiger partial charge in [-0.05, 0) is 191 Å². The molecule has 9 aromatic heterocycles. The number of hydrogen-bond donors (Lipinski definition) is 18. The molecule has 0 spiro atoms. The molecule has 21 rings (SSSR count). The molecule has 0 saturated carbocycles. The lowest BCUT2D eigenvalue weighted by Gasteiger charge is -2.00. The van der Waals surface area contributed by atoms with Crippen LogP contribution in [-0.4, -0.2) is 264 Å². The summed E-state index contributed by atoms with van der Waals surface area (Å²) in [5.41, 5.74) is 12.1. The highest BCUT2D eigenvalue weighted by molar-refractivity contribution is 9.11. The lowest BCUT2D eigenvalue weighted by molar-refractivity contribution is -0.384. The van der Waals surface area contributed by atoms with Crippen LogP contribution < -0.4 is 14.2 Å². The average molecular weight is 2400 g/mol. The zero-order valence-corrected chi connectivity index (χ0v) is 89.1. The molecule has 10 heterocycles. The van der Waals surface area contributed by atoms with Crippen molar-refractivity contribution in [1.29, 1.82) is 0 Å². The van der Waals surface area contributed by atoms with Crippen LogP contribution in [0.3, 0.4) is 0 Å². The largest absolute Gasteiger partial charge is 0.497 e. The molecule has 0 saturated heterocycles. The zero-order chi connectivity index (χ0) is 110. The maximum Gasteiger partial charge on any atom is 0.338 e. The van der Waals surface area contributed by atoms with Crippen molar-refractivity contribution in [3.8, 4) is 17.2 Å². The minimum absolute atomic E-state index is 0.0173. The van der Waals surface area contributed by atoms with Crippen LogP contribution in [0.1, 0.15) is 38.8 Å². The Hall–Kier alpha value is -14.4. The number of aryl methyl sites for hydroxylation is 1. The number of rotatable bonds is 16. The number of halogens is 4. The van der Waals surface area contributed by atoms with Gasteiger partial charge in [0.05, 0.1) is 128 Å². The first-order valence-corrected chi connectivity index (χ1v) is 58.7. The molecule has 9 atom stereocenters. The van der Waals surface area contributed by atoms with E-state index in [9.17, 15) is 104 Å². The number of non-ortho nitro benzene ring substituents is 2. The van der Waals surface area contributed by atoms with Crippen molar-refractivity contribution in [1.82, 2.24) is 89.7 Å². The number of ketones is 1. The molecular formula is C89H80Br2Cl2N20O28S9. The van der Waals surface area contributed by atoms with Gasteiger partial charge in [-0.1, -0.05) is 87.7 Å². The minimum atomic E-state index is -3.46. The zero-order valence-electron chi connectivity index (χ0n) is 77.1. The van der Waals surface area contributed by atoms with Crippen LogP contribution in [0.15, 0.2) is 243 Å². The number of benzene rings is 11. The van der Waals surface area contributed by atoms with Crippen molar-refractivity contribution in [2.75, 3.05) is 20.5 Å². The van der Waals surface area contributed by atoms with Gasteiger partial charge in [0.25, 0.3) is 11.4 Å². The molecule has 18 N–H and O–H groups in total. The molecule has 20 aromatic rings. The highest BCUT2D eigenvalue weighted by Crippen LogP contribution is 2.38. The number of imidazole rings is 9. The predicted molar refractivity (Wildman–Crippen MR) is 590 cm³/mol. The number of aromatic nitrogens is 18. The molecule has 48 nitrogen and oxygen atoms in total. The van der Waals surface area contributed by atoms with Gasteiger partial charge in [0.2, 0.25) is 53.2 Å². The van der Waals surface area contributed by atoms with Gasteiger partial charge in [0.1, 0.15) is 105 Å². The topological polar surface area (TPSA) is 751 Å². The van der Waals surface area contributed by atoms with Gasteiger partial charge < -0.3 is 105 Å². The Morgan fingerprint density at radius 3 is 1.25 bits per heavy atom. The van der Waals surface area contributed by atoms with Gasteiger partial charge in [-0.2, -0.15) is 0 Å². The number of methoxy groups -OCH3 is 1. The van der Waals surface area contributed by atoms with Crippen LogP contribution in [-0.2, 0) is 93.0 Å². The van der Waals surface area contributed by atoms with E-state index in [4.69, 9.17) is 46.7 Å². The number of aromatic amines is 9. The van der Waals surface area contributed by atoms with E-state index in [1.807, 2.05) is 31.2 Å². The molecule has 150 heavy (non-hydrogen) atoms. The van der Waals surface area contributed by atoms with Gasteiger partial charge in [-0.15, -0.1) is 0 Å². The summed E-state index contributed by atoms with van der Waals surface area (Å²) in [5.74, 6) is 29.4. The third kappa shape index (κ3) is 27.8. The molecule has 11 aromatic carbocycles. The number of nitrogens with one attached hydrogen (secondary N) is 9. The number of nitrogens with zero attached hydrogens (tertiary/aromatic N) is 11. The van der Waals surface area contributed by atoms with Crippen LogP contribution in [0.5, 0.6) is 17.2 Å². The van der Waals surface area contributed by atoms with Crippen molar-refractivity contribution in [2.24, 2.45) is 0 Å². The Bertz CT molecular complexity index is 9810. The van der Waals surface area contributed by atoms with Crippen LogP contribution in [0.4, 0.5) is 11.4 Å². The fourth-order valence-corrected chi connectivity index (χ4v) is 19.6. The normalized spacial score (nSPS) is 15.1. The number of H-pyrrole nitrogens is 9. The van der Waals surface area contributed by atoms with Gasteiger partial charge in [-0.25, -0.2) is 87.5 Å². The number of hydrogen-bond acceptors (Lipinski definition) is 28. The first-order valence-electron chi connectivity index (χ1n) is 41.2. The summed E-state index contributed by atoms with van der Waals surface area (Å²) in [5, 5.41) is 22.5. The van der Waals surface area contributed by atoms with Crippen LogP contribution in [0, 0.1) is 27.2 Å². The summed E-state index contributed by atoms with van der Waals surface area (Å²) in [6.45, 7) is 4.13. The molecule has 1 aliphatic heterocycles. The molecule has 0 radical (unpaired) electrons. The highest BCUT2D eigenvalue weighted by atomic mass is 79.9. The van der Waals surface area contributed by atoms with Crippen molar-refractivity contribution < 1.29 is 117 Å². The Morgan fingerprint density at radius 2 is 0.780 bits per heavy atom. The molecule has 0 amide bonds. The lowest BCUT2D eigenvalue weighted by Crippen LogP contribution is -2.04. The average Bonchev–Trinajstić information content (AvgIpc) is 1.61. The summed E-state index contributed by atoms with van der Waals surface area (Å²) in [6.07, 6.45) is 0. The van der Waals surface area contributed by atoms with E-state index in [-0.39, 0.29) is 77.0 Å². The number of carbonyl (C=O) groups is 2. The molecule has 9 unspecified atom stereocenters. The van der Waals surface area contributed by atoms with Gasteiger partial charge in [0.15, 0.2) is 17.3 Å². The minimum Gasteiger partial charge on any atom is -0.497 e. The number of nitro benzene ring substituents is 2. The fraction of sp³-hybridized carbons (Fsp3) is 0.0562. The second-order valence-electron chi connectivity index (χ2n) is 31.3. The lowest BCUT2D eigenvalue weighted by atomic mass is 10.0. The molecule has 0 aliphatic carbocycles. The first-order chi connectivity index (χ1) is 69.9. The van der Waals surface area contributed by atoms with Crippen molar-refractivity contribution in [3.05, 3.63) is 250 Å². The fourth-order valence-electron chi connectivity index (χ4n) is 13.2. The quantitative estimate of drug-likeness (QED) is 0.0140.